The van der Waals surface area contributed by atoms with Crippen LogP contribution in [0.15, 0.2) is 262 Å². The maximum absolute atomic E-state index is 6.86. The highest BCUT2D eigenvalue weighted by atomic mass is 16.3. The van der Waals surface area contributed by atoms with E-state index in [1.807, 2.05) is 66.7 Å². The molecule has 16 rings (SSSR count). The van der Waals surface area contributed by atoms with Gasteiger partial charge < -0.3 is 13.3 Å². The van der Waals surface area contributed by atoms with Gasteiger partial charge in [0.05, 0.1) is 22.1 Å². The monoisotopic (exact) mass is 971 g/mol. The molecule has 11 aromatic carbocycles. The molecule has 0 atom stereocenters. The van der Waals surface area contributed by atoms with Gasteiger partial charge in [0.25, 0.3) is 0 Å². The molecule has 0 unspecified atom stereocenters. The predicted octanol–water partition coefficient (Wildman–Crippen LogP) is 18.3. The SMILES string of the molecule is c1ccc(C2(c3ccccc3)c3ccccc3-c3ccc(-c4cccc(-c5ccc6oc7c(-c8nc(-c9cccc%10c9oc9ccccc9%10)nc(-c9cccc%10c9oc9ccccc9%10)n8)cccc7c6c5)c4)cc32)cc1. The number of furan rings is 3. The maximum atomic E-state index is 6.86. The first kappa shape index (κ1) is 42.3. The minimum absolute atomic E-state index is 0.472. The lowest BCUT2D eigenvalue weighted by Gasteiger charge is -2.34. The molecular weight excluding hydrogens is 931 g/mol. The summed E-state index contributed by atoms with van der Waals surface area (Å²) in [5, 5.41) is 6.00. The molecule has 0 bridgehead atoms. The summed E-state index contributed by atoms with van der Waals surface area (Å²) in [5.74, 6) is 1.43. The van der Waals surface area contributed by atoms with Gasteiger partial charge in [0.1, 0.15) is 33.5 Å². The van der Waals surface area contributed by atoms with Crippen molar-refractivity contribution in [2.45, 2.75) is 5.41 Å². The molecule has 0 fully saturated rings. The van der Waals surface area contributed by atoms with Crippen LogP contribution in [-0.2, 0) is 5.41 Å². The van der Waals surface area contributed by atoms with Crippen LogP contribution in [-0.4, -0.2) is 15.0 Å². The molecule has 1 aliphatic rings. The molecule has 0 radical (unpaired) electrons. The molecule has 4 heterocycles. The minimum atomic E-state index is -0.482. The Labute approximate surface area is 435 Å². The van der Waals surface area contributed by atoms with E-state index in [0.717, 1.165) is 88.0 Å². The number of benzene rings is 11. The number of fused-ring (bicyclic) bond motifs is 12. The van der Waals surface area contributed by atoms with Crippen LogP contribution < -0.4 is 0 Å². The summed E-state index contributed by atoms with van der Waals surface area (Å²) >= 11 is 0. The van der Waals surface area contributed by atoms with E-state index in [2.05, 4.69) is 182 Å². The van der Waals surface area contributed by atoms with Gasteiger partial charge in [0, 0.05) is 32.3 Å². The van der Waals surface area contributed by atoms with E-state index in [4.69, 9.17) is 28.2 Å². The Morgan fingerprint density at radius 1 is 0.250 bits per heavy atom. The van der Waals surface area contributed by atoms with Crippen LogP contribution in [0.3, 0.4) is 0 Å². The van der Waals surface area contributed by atoms with Gasteiger partial charge in [0.15, 0.2) is 17.5 Å². The van der Waals surface area contributed by atoms with Crippen molar-refractivity contribution in [1.29, 1.82) is 0 Å². The van der Waals surface area contributed by atoms with E-state index >= 15 is 0 Å². The highest BCUT2D eigenvalue weighted by Crippen LogP contribution is 2.57. The van der Waals surface area contributed by atoms with Gasteiger partial charge in [-0.05, 0) is 110 Å². The average Bonchev–Trinajstić information content (AvgIpc) is 4.26. The zero-order valence-corrected chi connectivity index (χ0v) is 40.7. The number of para-hydroxylation sites is 5. The Bertz CT molecular complexity index is 4660. The Hall–Kier alpha value is -10.2. The Morgan fingerprint density at radius 3 is 1.21 bits per heavy atom. The van der Waals surface area contributed by atoms with E-state index in [1.165, 1.54) is 33.4 Å². The van der Waals surface area contributed by atoms with E-state index in [0.29, 0.717) is 34.2 Å². The van der Waals surface area contributed by atoms with Gasteiger partial charge in [-0.2, -0.15) is 0 Å². The second-order valence-electron chi connectivity index (χ2n) is 19.7. The fourth-order valence-corrected chi connectivity index (χ4v) is 12.2. The highest BCUT2D eigenvalue weighted by molar-refractivity contribution is 6.12. The van der Waals surface area contributed by atoms with Gasteiger partial charge in [-0.25, -0.2) is 15.0 Å². The second-order valence-corrected chi connectivity index (χ2v) is 19.7. The van der Waals surface area contributed by atoms with Gasteiger partial charge in [-0.15, -0.1) is 0 Å². The van der Waals surface area contributed by atoms with Crippen LogP contribution in [0.1, 0.15) is 22.3 Å². The standard InChI is InChI=1S/C70H41N3O3/c1-3-19-46(20-4-1)70(47-21-5-2-6-22-47)59-32-10-7-23-48(59)49-37-35-45(41-60(49)70)43-18-13-17-42(39-43)44-36-38-63-58(40-44)54-28-16-31-57(66(54)76-63)69-72-67(55-29-14-26-52-50-24-8-11-33-61(50)74-64(52)55)71-68(73-69)56-30-15-27-53-51-25-9-12-34-62(51)75-65(53)56/h1-41H. The Balaban J connectivity index is 0.831. The summed E-state index contributed by atoms with van der Waals surface area (Å²) < 4.78 is 20.0. The largest absolute Gasteiger partial charge is 0.455 e. The molecule has 354 valence electrons. The first-order chi connectivity index (χ1) is 37.7. The van der Waals surface area contributed by atoms with Crippen molar-refractivity contribution in [3.05, 3.63) is 271 Å². The van der Waals surface area contributed by atoms with Crippen molar-refractivity contribution in [3.8, 4) is 67.5 Å². The fourth-order valence-electron chi connectivity index (χ4n) is 12.2. The summed E-state index contributed by atoms with van der Waals surface area (Å²) in [7, 11) is 0. The van der Waals surface area contributed by atoms with Crippen molar-refractivity contribution in [2.24, 2.45) is 0 Å². The number of rotatable bonds is 7. The maximum Gasteiger partial charge on any atom is 0.167 e. The molecule has 0 N–H and O–H groups in total. The van der Waals surface area contributed by atoms with Crippen LogP contribution >= 0.6 is 0 Å². The summed E-state index contributed by atoms with van der Waals surface area (Å²) in [6, 6.07) is 87.9. The molecule has 15 aromatic rings. The lowest BCUT2D eigenvalue weighted by atomic mass is 9.67. The summed E-state index contributed by atoms with van der Waals surface area (Å²) in [6.07, 6.45) is 0. The van der Waals surface area contributed by atoms with Crippen LogP contribution in [0, 0.1) is 0 Å². The second kappa shape index (κ2) is 16.4. The molecule has 0 amide bonds. The predicted molar refractivity (Wildman–Crippen MR) is 306 cm³/mol. The van der Waals surface area contributed by atoms with E-state index < -0.39 is 5.41 Å². The molecule has 76 heavy (non-hydrogen) atoms. The van der Waals surface area contributed by atoms with Crippen molar-refractivity contribution in [3.63, 3.8) is 0 Å². The third kappa shape index (κ3) is 6.25. The third-order valence-electron chi connectivity index (χ3n) is 15.7. The molecular formula is C70H41N3O3. The van der Waals surface area contributed by atoms with Gasteiger partial charge >= 0.3 is 0 Å². The van der Waals surface area contributed by atoms with Crippen LogP contribution in [0.5, 0.6) is 0 Å². The number of hydrogen-bond donors (Lipinski definition) is 0. The molecule has 0 spiro atoms. The van der Waals surface area contributed by atoms with Crippen LogP contribution in [0.4, 0.5) is 0 Å². The normalized spacial score (nSPS) is 12.8. The Kier molecular flexibility index (Phi) is 9.15. The van der Waals surface area contributed by atoms with Gasteiger partial charge in [-0.1, -0.05) is 194 Å². The van der Waals surface area contributed by atoms with E-state index in [9.17, 15) is 0 Å². The lowest BCUT2D eigenvalue weighted by molar-refractivity contribution is 0.669. The molecule has 0 saturated heterocycles. The quantitative estimate of drug-likeness (QED) is 0.158. The molecule has 0 saturated carbocycles. The smallest absolute Gasteiger partial charge is 0.167 e. The first-order valence-corrected chi connectivity index (χ1v) is 25.6. The summed E-state index contributed by atoms with van der Waals surface area (Å²) in [4.78, 5) is 15.8. The zero-order chi connectivity index (χ0) is 49.9. The number of nitrogens with zero attached hydrogens (tertiary/aromatic N) is 3. The van der Waals surface area contributed by atoms with Crippen LogP contribution in [0.2, 0.25) is 0 Å². The number of aromatic nitrogens is 3. The molecule has 6 nitrogen and oxygen atoms in total. The first-order valence-electron chi connectivity index (χ1n) is 25.6. The van der Waals surface area contributed by atoms with Gasteiger partial charge in [-0.3, -0.25) is 0 Å². The molecule has 4 aromatic heterocycles. The third-order valence-corrected chi connectivity index (χ3v) is 15.7. The molecule has 6 heteroatoms. The van der Waals surface area contributed by atoms with E-state index in [1.54, 1.807) is 0 Å². The lowest BCUT2D eigenvalue weighted by Crippen LogP contribution is -2.28. The molecule has 0 aliphatic heterocycles. The summed E-state index contributed by atoms with van der Waals surface area (Å²) in [6.45, 7) is 0. The minimum Gasteiger partial charge on any atom is -0.455 e. The zero-order valence-electron chi connectivity index (χ0n) is 40.7. The van der Waals surface area contributed by atoms with Crippen molar-refractivity contribution >= 4 is 65.8 Å². The van der Waals surface area contributed by atoms with Gasteiger partial charge in [0.2, 0.25) is 0 Å². The highest BCUT2D eigenvalue weighted by Gasteiger charge is 2.46. The Morgan fingerprint density at radius 2 is 0.645 bits per heavy atom. The van der Waals surface area contributed by atoms with E-state index in [-0.39, 0.29) is 0 Å². The van der Waals surface area contributed by atoms with Crippen molar-refractivity contribution in [2.75, 3.05) is 0 Å². The van der Waals surface area contributed by atoms with Crippen LogP contribution in [0.25, 0.3) is 133 Å². The topological polar surface area (TPSA) is 78.1 Å². The molecule has 1 aliphatic carbocycles. The van der Waals surface area contributed by atoms with Crippen molar-refractivity contribution in [1.82, 2.24) is 15.0 Å². The average molecular weight is 972 g/mol. The number of hydrogen-bond acceptors (Lipinski definition) is 6. The van der Waals surface area contributed by atoms with Crippen molar-refractivity contribution < 1.29 is 13.3 Å². The summed E-state index contributed by atoms with van der Waals surface area (Å²) in [5.41, 5.74) is 18.4. The fraction of sp³-hybridized carbons (Fsp3) is 0.0143.